The molecular formula is C17H14FNO5. The molecule has 0 bridgehead atoms. The Kier molecular flexibility index (Phi) is 5.62. The van der Waals surface area contributed by atoms with Gasteiger partial charge in [-0.25, -0.2) is 9.18 Å². The molecule has 2 rings (SSSR count). The maximum Gasteiger partial charge on any atom is 0.341 e. The number of nitrogens with one attached hydrogen (secondary N) is 1. The molecule has 0 spiro atoms. The topological polar surface area (TPSA) is 81.7 Å². The first kappa shape index (κ1) is 17.1. The summed E-state index contributed by atoms with van der Waals surface area (Å²) in [6.45, 7) is -0.714. The van der Waals surface area contributed by atoms with Gasteiger partial charge in [-0.15, -0.1) is 0 Å². The van der Waals surface area contributed by atoms with Gasteiger partial charge in [0.05, 0.1) is 18.2 Å². The molecule has 0 heterocycles. The van der Waals surface area contributed by atoms with E-state index in [-0.39, 0.29) is 11.1 Å². The Labute approximate surface area is 137 Å². The van der Waals surface area contributed by atoms with Gasteiger partial charge in [-0.1, -0.05) is 24.3 Å². The minimum Gasteiger partial charge on any atom is -0.496 e. The molecule has 0 radical (unpaired) electrons. The van der Waals surface area contributed by atoms with E-state index in [1.807, 2.05) is 0 Å². The molecule has 124 valence electrons. The summed E-state index contributed by atoms with van der Waals surface area (Å²) in [5, 5.41) is 2.06. The molecule has 0 aliphatic heterocycles. The number of para-hydroxylation sites is 1. The first-order valence-electron chi connectivity index (χ1n) is 6.91. The van der Waals surface area contributed by atoms with Gasteiger partial charge in [-0.05, 0) is 24.3 Å². The Morgan fingerprint density at radius 2 is 1.62 bits per heavy atom. The van der Waals surface area contributed by atoms with E-state index in [1.165, 1.54) is 31.4 Å². The zero-order valence-corrected chi connectivity index (χ0v) is 12.7. The van der Waals surface area contributed by atoms with Crippen LogP contribution in [0.5, 0.6) is 5.75 Å². The molecule has 24 heavy (non-hydrogen) atoms. The molecule has 0 fully saturated rings. The summed E-state index contributed by atoms with van der Waals surface area (Å²) in [6, 6.07) is 11.5. The van der Waals surface area contributed by atoms with Gasteiger partial charge in [0.15, 0.2) is 6.61 Å². The summed E-state index contributed by atoms with van der Waals surface area (Å²) < 4.78 is 23.1. The van der Waals surface area contributed by atoms with Gasteiger partial charge in [0.2, 0.25) is 0 Å². The van der Waals surface area contributed by atoms with Crippen molar-refractivity contribution in [3.63, 3.8) is 0 Å². The van der Waals surface area contributed by atoms with Gasteiger partial charge in [-0.3, -0.25) is 14.9 Å². The third-order valence-corrected chi connectivity index (χ3v) is 3.03. The lowest BCUT2D eigenvalue weighted by Crippen LogP contribution is -2.34. The molecule has 0 atom stereocenters. The van der Waals surface area contributed by atoms with Crippen molar-refractivity contribution >= 4 is 17.8 Å². The smallest absolute Gasteiger partial charge is 0.341 e. The number of imide groups is 1. The monoisotopic (exact) mass is 331 g/mol. The Morgan fingerprint density at radius 3 is 2.29 bits per heavy atom. The van der Waals surface area contributed by atoms with Crippen molar-refractivity contribution in [2.45, 2.75) is 0 Å². The summed E-state index contributed by atoms with van der Waals surface area (Å²) in [6.07, 6.45) is 0. The van der Waals surface area contributed by atoms with Gasteiger partial charge in [-0.2, -0.15) is 0 Å². The molecule has 0 saturated carbocycles. The maximum absolute atomic E-state index is 13.4. The highest BCUT2D eigenvalue weighted by Crippen LogP contribution is 2.16. The molecule has 0 unspecified atom stereocenters. The molecule has 2 amide bonds. The zero-order chi connectivity index (χ0) is 17.5. The van der Waals surface area contributed by atoms with E-state index < -0.39 is 30.2 Å². The summed E-state index contributed by atoms with van der Waals surface area (Å²) >= 11 is 0. The third kappa shape index (κ3) is 4.16. The highest BCUT2D eigenvalue weighted by Gasteiger charge is 2.17. The van der Waals surface area contributed by atoms with Gasteiger partial charge in [0.1, 0.15) is 11.6 Å². The Hall–Kier alpha value is -3.22. The molecule has 0 saturated heterocycles. The SMILES string of the molecule is COc1ccccc1C(=O)NC(=O)COC(=O)c1ccccc1F. The minimum atomic E-state index is -0.993. The van der Waals surface area contributed by atoms with Crippen LogP contribution in [0, 0.1) is 5.82 Å². The Bertz CT molecular complexity index is 775. The van der Waals surface area contributed by atoms with Gasteiger partial charge in [0, 0.05) is 0 Å². The molecular weight excluding hydrogens is 317 g/mol. The second-order valence-electron chi connectivity index (χ2n) is 4.63. The number of carbonyl (C=O) groups is 3. The van der Waals surface area contributed by atoms with Gasteiger partial charge in [0.25, 0.3) is 11.8 Å². The fourth-order valence-electron chi connectivity index (χ4n) is 1.90. The Morgan fingerprint density at radius 1 is 1.00 bits per heavy atom. The Balaban J connectivity index is 1.93. The molecule has 1 N–H and O–H groups in total. The lowest BCUT2D eigenvalue weighted by Gasteiger charge is -2.09. The molecule has 7 heteroatoms. The summed E-state index contributed by atoms with van der Waals surface area (Å²) in [7, 11) is 1.39. The molecule has 0 aliphatic carbocycles. The van der Waals surface area contributed by atoms with Crippen LogP contribution in [0.1, 0.15) is 20.7 Å². The number of carbonyl (C=O) groups excluding carboxylic acids is 3. The van der Waals surface area contributed by atoms with E-state index in [0.717, 1.165) is 6.07 Å². The first-order chi connectivity index (χ1) is 11.5. The summed E-state index contributed by atoms with van der Waals surface area (Å²) in [5.74, 6) is -2.98. The molecule has 6 nitrogen and oxygen atoms in total. The standard InChI is InChI=1S/C17H14FNO5/c1-23-14-9-5-3-7-12(14)16(21)19-15(20)10-24-17(22)11-6-2-4-8-13(11)18/h2-9H,10H2,1H3,(H,19,20,21). The van der Waals surface area contributed by atoms with E-state index in [4.69, 9.17) is 4.74 Å². The van der Waals surface area contributed by atoms with Gasteiger partial charge < -0.3 is 9.47 Å². The summed E-state index contributed by atoms with van der Waals surface area (Å²) in [5.41, 5.74) is -0.130. The fourth-order valence-corrected chi connectivity index (χ4v) is 1.90. The van der Waals surface area contributed by atoms with Crippen LogP contribution < -0.4 is 10.1 Å². The lowest BCUT2D eigenvalue weighted by atomic mass is 10.2. The lowest BCUT2D eigenvalue weighted by molar-refractivity contribution is -0.123. The first-order valence-corrected chi connectivity index (χ1v) is 6.91. The fraction of sp³-hybridized carbons (Fsp3) is 0.118. The van der Waals surface area contributed by atoms with Crippen LogP contribution in [-0.2, 0) is 9.53 Å². The highest BCUT2D eigenvalue weighted by molar-refractivity contribution is 6.07. The molecule has 0 aliphatic rings. The summed E-state index contributed by atoms with van der Waals surface area (Å²) in [4.78, 5) is 35.4. The quantitative estimate of drug-likeness (QED) is 0.847. The number of hydrogen-bond donors (Lipinski definition) is 1. The van der Waals surface area contributed by atoms with E-state index >= 15 is 0 Å². The van der Waals surface area contributed by atoms with Crippen molar-refractivity contribution in [2.75, 3.05) is 13.7 Å². The van der Waals surface area contributed by atoms with Crippen LogP contribution >= 0.6 is 0 Å². The van der Waals surface area contributed by atoms with E-state index in [2.05, 4.69) is 10.1 Å². The van der Waals surface area contributed by atoms with Crippen molar-refractivity contribution in [3.8, 4) is 5.75 Å². The average molecular weight is 331 g/mol. The van der Waals surface area contributed by atoms with Crippen molar-refractivity contribution in [2.24, 2.45) is 0 Å². The number of halogens is 1. The van der Waals surface area contributed by atoms with E-state index in [0.29, 0.717) is 5.75 Å². The zero-order valence-electron chi connectivity index (χ0n) is 12.7. The van der Waals surface area contributed by atoms with E-state index in [9.17, 15) is 18.8 Å². The van der Waals surface area contributed by atoms with Crippen LogP contribution in [0.2, 0.25) is 0 Å². The van der Waals surface area contributed by atoms with Crippen molar-refractivity contribution in [1.82, 2.24) is 5.32 Å². The minimum absolute atomic E-state index is 0.161. The van der Waals surface area contributed by atoms with Crippen LogP contribution in [0.15, 0.2) is 48.5 Å². The predicted molar refractivity (Wildman–Crippen MR) is 82.1 cm³/mol. The second-order valence-corrected chi connectivity index (χ2v) is 4.63. The van der Waals surface area contributed by atoms with Crippen molar-refractivity contribution in [1.29, 1.82) is 0 Å². The number of methoxy groups -OCH3 is 1. The molecule has 0 aromatic heterocycles. The third-order valence-electron chi connectivity index (χ3n) is 3.03. The number of benzene rings is 2. The normalized spacial score (nSPS) is 9.92. The maximum atomic E-state index is 13.4. The van der Waals surface area contributed by atoms with Gasteiger partial charge >= 0.3 is 5.97 Å². The van der Waals surface area contributed by atoms with Crippen molar-refractivity contribution < 1.29 is 28.2 Å². The number of rotatable bonds is 5. The largest absolute Gasteiger partial charge is 0.496 e. The predicted octanol–water partition coefficient (Wildman–Crippen LogP) is 1.95. The van der Waals surface area contributed by atoms with Crippen molar-refractivity contribution in [3.05, 3.63) is 65.5 Å². The highest BCUT2D eigenvalue weighted by atomic mass is 19.1. The number of esters is 1. The number of ether oxygens (including phenoxy) is 2. The van der Waals surface area contributed by atoms with Crippen LogP contribution in [0.4, 0.5) is 4.39 Å². The van der Waals surface area contributed by atoms with Crippen LogP contribution in [0.3, 0.4) is 0 Å². The van der Waals surface area contributed by atoms with Crippen LogP contribution in [0.25, 0.3) is 0 Å². The second kappa shape index (κ2) is 7.87. The number of amides is 2. The molecule has 2 aromatic rings. The molecule has 2 aromatic carbocycles. The average Bonchev–Trinajstić information content (AvgIpc) is 2.60. The van der Waals surface area contributed by atoms with Crippen LogP contribution in [-0.4, -0.2) is 31.5 Å². The van der Waals surface area contributed by atoms with E-state index in [1.54, 1.807) is 18.2 Å². The number of hydrogen-bond acceptors (Lipinski definition) is 5.